The number of aromatic amines is 1. The van der Waals surface area contributed by atoms with E-state index in [2.05, 4.69) is 15.3 Å². The van der Waals surface area contributed by atoms with E-state index in [-0.39, 0.29) is 5.91 Å². The van der Waals surface area contributed by atoms with Crippen molar-refractivity contribution >= 4 is 28.6 Å². The van der Waals surface area contributed by atoms with E-state index in [0.717, 1.165) is 23.0 Å². The zero-order valence-corrected chi connectivity index (χ0v) is 14.4. The van der Waals surface area contributed by atoms with Crippen LogP contribution in [0.4, 0.5) is 0 Å². The SMILES string of the molecule is CCCNC(=O)/C(=C/c1ccccc1OC)c1nc2ccccc2[nH]1. The normalized spacial score (nSPS) is 11.5. The molecular weight excluding hydrogens is 314 g/mol. The molecule has 0 radical (unpaired) electrons. The van der Waals surface area contributed by atoms with Crippen LogP contribution in [-0.4, -0.2) is 29.5 Å². The van der Waals surface area contributed by atoms with Crippen molar-refractivity contribution in [2.75, 3.05) is 13.7 Å². The second-order valence-corrected chi connectivity index (χ2v) is 5.66. The average Bonchev–Trinajstić information content (AvgIpc) is 3.08. The number of hydrogen-bond acceptors (Lipinski definition) is 3. The van der Waals surface area contributed by atoms with Crippen LogP contribution in [-0.2, 0) is 4.79 Å². The molecule has 1 amide bonds. The van der Waals surface area contributed by atoms with Crippen LogP contribution in [0.3, 0.4) is 0 Å². The van der Waals surface area contributed by atoms with Gasteiger partial charge in [-0.05, 0) is 30.7 Å². The molecule has 128 valence electrons. The lowest BCUT2D eigenvalue weighted by Gasteiger charge is -2.08. The molecule has 2 aromatic carbocycles. The van der Waals surface area contributed by atoms with Crippen molar-refractivity contribution in [2.24, 2.45) is 0 Å². The van der Waals surface area contributed by atoms with Crippen molar-refractivity contribution in [3.8, 4) is 5.75 Å². The number of carbonyl (C=O) groups is 1. The maximum Gasteiger partial charge on any atom is 0.255 e. The highest BCUT2D eigenvalue weighted by molar-refractivity contribution is 6.23. The maximum absolute atomic E-state index is 12.7. The van der Waals surface area contributed by atoms with E-state index in [0.29, 0.717) is 23.7 Å². The lowest BCUT2D eigenvalue weighted by Crippen LogP contribution is -2.25. The highest BCUT2D eigenvalue weighted by atomic mass is 16.5. The van der Waals surface area contributed by atoms with E-state index >= 15 is 0 Å². The molecule has 0 spiro atoms. The van der Waals surface area contributed by atoms with Crippen LogP contribution in [0.1, 0.15) is 24.7 Å². The molecule has 3 rings (SSSR count). The maximum atomic E-state index is 12.7. The number of imidazole rings is 1. The Kier molecular flexibility index (Phi) is 5.14. The molecule has 0 bridgehead atoms. The molecule has 0 aliphatic heterocycles. The van der Waals surface area contributed by atoms with Gasteiger partial charge in [-0.25, -0.2) is 4.98 Å². The van der Waals surface area contributed by atoms with Gasteiger partial charge in [0.05, 0.1) is 23.7 Å². The number of amides is 1. The standard InChI is InChI=1S/C20H21N3O2/c1-3-12-21-20(24)15(13-14-8-4-7-11-18(14)25-2)19-22-16-9-5-6-10-17(16)23-19/h4-11,13H,3,12H2,1-2H3,(H,21,24)(H,22,23)/b15-13+. The molecule has 5 heteroatoms. The average molecular weight is 335 g/mol. The minimum atomic E-state index is -0.160. The van der Waals surface area contributed by atoms with Crippen LogP contribution < -0.4 is 10.1 Å². The zero-order valence-electron chi connectivity index (χ0n) is 14.4. The molecule has 2 N–H and O–H groups in total. The van der Waals surface area contributed by atoms with Gasteiger partial charge in [0.1, 0.15) is 11.6 Å². The first-order chi connectivity index (χ1) is 12.2. The van der Waals surface area contributed by atoms with Crippen LogP contribution in [0, 0.1) is 0 Å². The fourth-order valence-electron chi connectivity index (χ4n) is 2.60. The summed E-state index contributed by atoms with van der Waals surface area (Å²) in [5.41, 5.74) is 3.03. The molecule has 1 aromatic heterocycles. The molecule has 0 aliphatic rings. The van der Waals surface area contributed by atoms with E-state index < -0.39 is 0 Å². The predicted molar refractivity (Wildman–Crippen MR) is 100 cm³/mol. The number of hydrogen-bond donors (Lipinski definition) is 2. The monoisotopic (exact) mass is 335 g/mol. The minimum Gasteiger partial charge on any atom is -0.496 e. The number of nitrogens with zero attached hydrogens (tertiary/aromatic N) is 1. The van der Waals surface area contributed by atoms with Gasteiger partial charge in [-0.2, -0.15) is 0 Å². The van der Waals surface area contributed by atoms with Gasteiger partial charge in [-0.15, -0.1) is 0 Å². The number of benzene rings is 2. The lowest BCUT2D eigenvalue weighted by atomic mass is 10.1. The van der Waals surface area contributed by atoms with Crippen LogP contribution >= 0.6 is 0 Å². The van der Waals surface area contributed by atoms with Crippen LogP contribution in [0.2, 0.25) is 0 Å². The van der Waals surface area contributed by atoms with Crippen LogP contribution in [0.25, 0.3) is 22.7 Å². The highest BCUT2D eigenvalue weighted by Gasteiger charge is 2.16. The van der Waals surface area contributed by atoms with Crippen molar-refractivity contribution in [1.82, 2.24) is 15.3 Å². The van der Waals surface area contributed by atoms with Gasteiger partial charge in [0.15, 0.2) is 0 Å². The number of nitrogens with one attached hydrogen (secondary N) is 2. The third kappa shape index (κ3) is 3.71. The van der Waals surface area contributed by atoms with Gasteiger partial charge in [0.2, 0.25) is 0 Å². The van der Waals surface area contributed by atoms with Gasteiger partial charge < -0.3 is 15.0 Å². The summed E-state index contributed by atoms with van der Waals surface area (Å²) < 4.78 is 5.40. The van der Waals surface area contributed by atoms with Crippen molar-refractivity contribution in [1.29, 1.82) is 0 Å². The number of ether oxygens (including phenoxy) is 1. The molecule has 0 aliphatic carbocycles. The second-order valence-electron chi connectivity index (χ2n) is 5.66. The van der Waals surface area contributed by atoms with Gasteiger partial charge in [0, 0.05) is 12.1 Å². The van der Waals surface area contributed by atoms with Crippen molar-refractivity contribution in [3.63, 3.8) is 0 Å². The first-order valence-electron chi connectivity index (χ1n) is 8.31. The Morgan fingerprint density at radius 1 is 1.20 bits per heavy atom. The Hall–Kier alpha value is -3.08. The zero-order chi connectivity index (χ0) is 17.6. The van der Waals surface area contributed by atoms with E-state index in [1.807, 2.05) is 61.5 Å². The molecule has 5 nitrogen and oxygen atoms in total. The molecule has 0 unspecified atom stereocenters. The van der Waals surface area contributed by atoms with Crippen molar-refractivity contribution in [3.05, 3.63) is 59.9 Å². The number of H-pyrrole nitrogens is 1. The quantitative estimate of drug-likeness (QED) is 0.676. The van der Waals surface area contributed by atoms with E-state index in [9.17, 15) is 4.79 Å². The topological polar surface area (TPSA) is 67.0 Å². The first-order valence-corrected chi connectivity index (χ1v) is 8.31. The fraction of sp³-hybridized carbons (Fsp3) is 0.200. The molecular formula is C20H21N3O2. The molecule has 0 saturated heterocycles. The Morgan fingerprint density at radius 3 is 2.72 bits per heavy atom. The summed E-state index contributed by atoms with van der Waals surface area (Å²) in [6.07, 6.45) is 2.68. The number of methoxy groups -OCH3 is 1. The summed E-state index contributed by atoms with van der Waals surface area (Å²) in [6, 6.07) is 15.3. The summed E-state index contributed by atoms with van der Waals surface area (Å²) in [6.45, 7) is 2.63. The summed E-state index contributed by atoms with van der Waals surface area (Å²) in [5, 5.41) is 2.92. The van der Waals surface area contributed by atoms with Crippen molar-refractivity contribution < 1.29 is 9.53 Å². The van der Waals surface area contributed by atoms with E-state index in [1.165, 1.54) is 0 Å². The molecule has 25 heavy (non-hydrogen) atoms. The third-order valence-electron chi connectivity index (χ3n) is 3.86. The van der Waals surface area contributed by atoms with E-state index in [1.54, 1.807) is 7.11 Å². The third-order valence-corrected chi connectivity index (χ3v) is 3.86. The number of aromatic nitrogens is 2. The van der Waals surface area contributed by atoms with E-state index in [4.69, 9.17) is 4.74 Å². The molecule has 1 heterocycles. The number of rotatable bonds is 6. The summed E-state index contributed by atoms with van der Waals surface area (Å²) in [5.74, 6) is 1.09. The minimum absolute atomic E-state index is 0.160. The number of fused-ring (bicyclic) bond motifs is 1. The number of para-hydroxylation sites is 3. The summed E-state index contributed by atoms with van der Waals surface area (Å²) in [7, 11) is 1.62. The fourth-order valence-corrected chi connectivity index (χ4v) is 2.60. The van der Waals surface area contributed by atoms with Gasteiger partial charge >= 0.3 is 0 Å². The molecule has 0 atom stereocenters. The summed E-state index contributed by atoms with van der Waals surface area (Å²) in [4.78, 5) is 20.5. The second kappa shape index (κ2) is 7.66. The Bertz CT molecular complexity index is 879. The Balaban J connectivity index is 2.08. The lowest BCUT2D eigenvalue weighted by molar-refractivity contribution is -0.115. The van der Waals surface area contributed by atoms with Gasteiger partial charge in [-0.3, -0.25) is 4.79 Å². The van der Waals surface area contributed by atoms with Crippen LogP contribution in [0.5, 0.6) is 5.75 Å². The molecule has 0 saturated carbocycles. The number of carbonyl (C=O) groups excluding carboxylic acids is 1. The van der Waals surface area contributed by atoms with Gasteiger partial charge in [0.25, 0.3) is 5.91 Å². The summed E-state index contributed by atoms with van der Waals surface area (Å²) >= 11 is 0. The Labute approximate surface area is 146 Å². The highest BCUT2D eigenvalue weighted by Crippen LogP contribution is 2.25. The first kappa shape index (κ1) is 16.8. The smallest absolute Gasteiger partial charge is 0.255 e. The van der Waals surface area contributed by atoms with Gasteiger partial charge in [-0.1, -0.05) is 37.3 Å². The van der Waals surface area contributed by atoms with Crippen LogP contribution in [0.15, 0.2) is 48.5 Å². The molecule has 3 aromatic rings. The Morgan fingerprint density at radius 2 is 1.96 bits per heavy atom. The largest absolute Gasteiger partial charge is 0.496 e. The van der Waals surface area contributed by atoms with Crippen molar-refractivity contribution in [2.45, 2.75) is 13.3 Å². The molecule has 0 fully saturated rings. The predicted octanol–water partition coefficient (Wildman–Crippen LogP) is 3.64.